The third-order valence-electron chi connectivity index (χ3n) is 6.34. The van der Waals surface area contributed by atoms with Gasteiger partial charge >= 0.3 is 0 Å². The second-order valence-electron chi connectivity index (χ2n) is 9.53. The molecule has 0 aromatic heterocycles. The van der Waals surface area contributed by atoms with Crippen LogP contribution >= 0.6 is 39.1 Å². The SMILES string of the molecule is C=C(C)C(=O)NCc1ccc(Cl)c(C(=O)Nc2ccc(N3CCC(F)(F)C3)c(C(=O)Nc3ccc(Br)cc3)c2)c1Cl. The summed E-state index contributed by atoms with van der Waals surface area (Å²) < 4.78 is 28.9. The molecular formula is C29H25BrCl2F2N4O3. The van der Waals surface area contributed by atoms with Gasteiger partial charge in [0.25, 0.3) is 17.7 Å². The highest BCUT2D eigenvalue weighted by molar-refractivity contribution is 9.10. The van der Waals surface area contributed by atoms with Crippen molar-refractivity contribution in [2.45, 2.75) is 25.8 Å². The maximum atomic E-state index is 14.0. The average molecular weight is 666 g/mol. The van der Waals surface area contributed by atoms with E-state index in [1.807, 2.05) is 0 Å². The fourth-order valence-corrected chi connectivity index (χ4v) is 5.08. The fourth-order valence-electron chi connectivity index (χ4n) is 4.20. The second kappa shape index (κ2) is 12.6. The molecule has 41 heavy (non-hydrogen) atoms. The summed E-state index contributed by atoms with van der Waals surface area (Å²) in [6, 6.07) is 14.4. The molecule has 214 valence electrons. The molecule has 1 aliphatic rings. The zero-order valence-corrected chi connectivity index (χ0v) is 24.9. The minimum Gasteiger partial charge on any atom is -0.365 e. The first-order valence-electron chi connectivity index (χ1n) is 12.4. The molecule has 0 radical (unpaired) electrons. The van der Waals surface area contributed by atoms with Crippen molar-refractivity contribution in [3.8, 4) is 0 Å². The van der Waals surface area contributed by atoms with Crippen LogP contribution in [-0.2, 0) is 11.3 Å². The van der Waals surface area contributed by atoms with Crippen LogP contribution in [0.5, 0.6) is 0 Å². The molecule has 3 N–H and O–H groups in total. The van der Waals surface area contributed by atoms with Gasteiger partial charge < -0.3 is 20.9 Å². The maximum Gasteiger partial charge on any atom is 0.266 e. The number of amides is 3. The number of carbonyl (C=O) groups is 3. The molecule has 1 aliphatic heterocycles. The topological polar surface area (TPSA) is 90.5 Å². The van der Waals surface area contributed by atoms with E-state index in [4.69, 9.17) is 23.2 Å². The number of halogens is 5. The summed E-state index contributed by atoms with van der Waals surface area (Å²) in [5.41, 5.74) is 1.86. The predicted octanol–water partition coefficient (Wildman–Crippen LogP) is 7.30. The van der Waals surface area contributed by atoms with Crippen LogP contribution in [0.1, 0.15) is 39.6 Å². The lowest BCUT2D eigenvalue weighted by Gasteiger charge is -2.22. The Morgan fingerprint density at radius 3 is 2.29 bits per heavy atom. The summed E-state index contributed by atoms with van der Waals surface area (Å²) in [7, 11) is 0. The van der Waals surface area contributed by atoms with Crippen LogP contribution in [0.4, 0.5) is 25.8 Å². The number of alkyl halides is 2. The molecule has 0 unspecified atom stereocenters. The molecule has 3 amide bonds. The van der Waals surface area contributed by atoms with Gasteiger partial charge in [-0.25, -0.2) is 8.78 Å². The summed E-state index contributed by atoms with van der Waals surface area (Å²) >= 11 is 16.1. The molecule has 12 heteroatoms. The van der Waals surface area contributed by atoms with E-state index in [0.29, 0.717) is 22.5 Å². The van der Waals surface area contributed by atoms with Gasteiger partial charge in [-0.1, -0.05) is 51.8 Å². The van der Waals surface area contributed by atoms with Crippen molar-refractivity contribution in [2.24, 2.45) is 0 Å². The van der Waals surface area contributed by atoms with Crippen LogP contribution < -0.4 is 20.9 Å². The van der Waals surface area contributed by atoms with E-state index in [9.17, 15) is 23.2 Å². The number of nitrogens with one attached hydrogen (secondary N) is 3. The van der Waals surface area contributed by atoms with Gasteiger partial charge in [0.05, 0.1) is 27.7 Å². The smallest absolute Gasteiger partial charge is 0.266 e. The quantitative estimate of drug-likeness (QED) is 0.220. The minimum absolute atomic E-state index is 0.0282. The largest absolute Gasteiger partial charge is 0.365 e. The van der Waals surface area contributed by atoms with Crippen molar-refractivity contribution in [1.29, 1.82) is 0 Å². The van der Waals surface area contributed by atoms with Crippen molar-refractivity contribution >= 4 is 73.9 Å². The van der Waals surface area contributed by atoms with Gasteiger partial charge in [-0.15, -0.1) is 0 Å². The Hall–Kier alpha value is -3.47. The second-order valence-corrected chi connectivity index (χ2v) is 11.2. The molecule has 3 aromatic rings. The normalized spacial score (nSPS) is 14.0. The number of benzene rings is 3. The number of carbonyl (C=O) groups excluding carboxylic acids is 3. The standard InChI is InChI=1S/C29H25BrCl2F2N4O3/c1-16(2)26(39)35-14-17-3-9-22(31)24(25(17)32)28(41)37-20-8-10-23(38-12-11-29(33,34)15-38)21(13-20)27(40)36-19-6-4-18(30)5-7-19/h3-10,13H,1,11-12,14-15H2,2H3,(H,35,39)(H,36,40)(H,37,41). The third-order valence-corrected chi connectivity index (χ3v) is 7.61. The molecule has 1 fully saturated rings. The zero-order valence-electron chi connectivity index (χ0n) is 21.8. The number of anilines is 3. The van der Waals surface area contributed by atoms with E-state index in [-0.39, 0.29) is 52.3 Å². The lowest BCUT2D eigenvalue weighted by atomic mass is 10.1. The summed E-state index contributed by atoms with van der Waals surface area (Å²) in [5.74, 6) is -4.45. The van der Waals surface area contributed by atoms with Crippen molar-refractivity contribution < 1.29 is 23.2 Å². The molecule has 1 heterocycles. The third kappa shape index (κ3) is 7.44. The van der Waals surface area contributed by atoms with E-state index in [1.165, 1.54) is 29.2 Å². The van der Waals surface area contributed by atoms with Crippen molar-refractivity contribution in [1.82, 2.24) is 5.32 Å². The number of hydrogen-bond acceptors (Lipinski definition) is 4. The molecule has 4 rings (SSSR count). The molecular weight excluding hydrogens is 641 g/mol. The van der Waals surface area contributed by atoms with Gasteiger partial charge in [-0.3, -0.25) is 14.4 Å². The highest BCUT2D eigenvalue weighted by Crippen LogP contribution is 2.35. The zero-order chi connectivity index (χ0) is 29.9. The number of rotatable bonds is 8. The Kier molecular flexibility index (Phi) is 9.36. The molecule has 0 bridgehead atoms. The van der Waals surface area contributed by atoms with E-state index < -0.39 is 24.3 Å². The van der Waals surface area contributed by atoms with Gasteiger partial charge in [-0.2, -0.15) is 0 Å². The Morgan fingerprint density at radius 1 is 1.00 bits per heavy atom. The average Bonchev–Trinajstić information content (AvgIpc) is 3.28. The first-order valence-corrected chi connectivity index (χ1v) is 14.0. The first kappa shape index (κ1) is 30.5. The van der Waals surface area contributed by atoms with Crippen LogP contribution in [0.3, 0.4) is 0 Å². The number of hydrogen-bond donors (Lipinski definition) is 3. The van der Waals surface area contributed by atoms with Crippen LogP contribution in [0.15, 0.2) is 71.2 Å². The molecule has 0 atom stereocenters. The van der Waals surface area contributed by atoms with Gasteiger partial charge in [0.2, 0.25) is 5.91 Å². The van der Waals surface area contributed by atoms with Crippen LogP contribution in [-0.4, -0.2) is 36.7 Å². The van der Waals surface area contributed by atoms with Crippen molar-refractivity contribution in [3.05, 3.63) is 98.0 Å². The summed E-state index contributed by atoms with van der Waals surface area (Å²) in [6.07, 6.45) is -0.334. The van der Waals surface area contributed by atoms with Gasteiger partial charge in [0, 0.05) is 46.6 Å². The lowest BCUT2D eigenvalue weighted by Crippen LogP contribution is -2.27. The lowest BCUT2D eigenvalue weighted by molar-refractivity contribution is -0.117. The molecule has 0 spiro atoms. The maximum absolute atomic E-state index is 14.0. The Bertz CT molecular complexity index is 1530. The first-order chi connectivity index (χ1) is 19.3. The fraction of sp³-hybridized carbons (Fsp3) is 0.207. The van der Waals surface area contributed by atoms with E-state index >= 15 is 0 Å². The predicted molar refractivity (Wildman–Crippen MR) is 161 cm³/mol. The molecule has 3 aromatic carbocycles. The minimum atomic E-state index is -2.88. The molecule has 0 aliphatic carbocycles. The van der Waals surface area contributed by atoms with Gasteiger partial charge in [0.1, 0.15) is 0 Å². The summed E-state index contributed by atoms with van der Waals surface area (Å²) in [5, 5.41) is 8.23. The summed E-state index contributed by atoms with van der Waals surface area (Å²) in [6.45, 7) is 4.72. The van der Waals surface area contributed by atoms with Crippen LogP contribution in [0.2, 0.25) is 10.0 Å². The Balaban J connectivity index is 1.62. The number of nitrogens with zero attached hydrogens (tertiary/aromatic N) is 1. The molecule has 1 saturated heterocycles. The monoisotopic (exact) mass is 664 g/mol. The molecule has 7 nitrogen and oxygen atoms in total. The van der Waals surface area contributed by atoms with Gasteiger partial charge in [0.15, 0.2) is 0 Å². The Morgan fingerprint density at radius 2 is 1.66 bits per heavy atom. The van der Waals surface area contributed by atoms with Crippen LogP contribution in [0.25, 0.3) is 0 Å². The summed E-state index contributed by atoms with van der Waals surface area (Å²) in [4.78, 5) is 40.0. The van der Waals surface area contributed by atoms with Crippen molar-refractivity contribution in [3.63, 3.8) is 0 Å². The van der Waals surface area contributed by atoms with E-state index in [1.54, 1.807) is 37.3 Å². The van der Waals surface area contributed by atoms with Crippen molar-refractivity contribution in [2.75, 3.05) is 28.6 Å². The van der Waals surface area contributed by atoms with E-state index in [0.717, 1.165) is 4.47 Å². The Labute approximate surface area is 254 Å². The highest BCUT2D eigenvalue weighted by atomic mass is 79.9. The van der Waals surface area contributed by atoms with Crippen LogP contribution in [0, 0.1) is 0 Å². The van der Waals surface area contributed by atoms with E-state index in [2.05, 4.69) is 38.5 Å². The van der Waals surface area contributed by atoms with Gasteiger partial charge in [-0.05, 0) is 61.0 Å². The molecule has 0 saturated carbocycles. The highest BCUT2D eigenvalue weighted by Gasteiger charge is 2.39.